The van der Waals surface area contributed by atoms with E-state index in [0.717, 1.165) is 78.1 Å². The van der Waals surface area contributed by atoms with Crippen molar-refractivity contribution in [1.82, 2.24) is 9.55 Å². The first kappa shape index (κ1) is 38.1. The maximum Gasteiger partial charge on any atom is 0.136 e. The Labute approximate surface area is 416 Å². The minimum atomic E-state index is -0.430. The van der Waals surface area contributed by atoms with Gasteiger partial charge in [-0.3, -0.25) is 0 Å². The Morgan fingerprint density at radius 3 is 1.82 bits per heavy atom. The van der Waals surface area contributed by atoms with Crippen LogP contribution < -0.4 is 9.80 Å². The number of hydrogen-bond donors (Lipinski definition) is 0. The molecule has 10 aromatic rings. The first-order chi connectivity index (χ1) is 34.1. The van der Waals surface area contributed by atoms with Crippen molar-refractivity contribution in [1.29, 1.82) is 0 Å². The molecule has 0 N–H and O–H groups in total. The second kappa shape index (κ2) is 17.3. The summed E-state index contributed by atoms with van der Waals surface area (Å²) in [7, 11) is 0. The van der Waals surface area contributed by atoms with E-state index in [9.17, 15) is 0 Å². The van der Waals surface area contributed by atoms with Gasteiger partial charge in [-0.05, 0) is 74.3 Å². The predicted molar refractivity (Wildman–Crippen MR) is 277 cm³/mol. The maximum absolute atomic E-state index is 9.11. The van der Waals surface area contributed by atoms with Crippen molar-refractivity contribution in [3.05, 3.63) is 224 Å². The van der Waals surface area contributed by atoms with Gasteiger partial charge in [-0.1, -0.05) is 168 Å². The van der Waals surface area contributed by atoms with Crippen LogP contribution in [0.5, 0.6) is 0 Å². The van der Waals surface area contributed by atoms with E-state index in [1.54, 1.807) is 0 Å². The first-order valence-electron chi connectivity index (χ1n) is 25.0. The molecule has 0 spiro atoms. The number of pyridine rings is 1. The van der Waals surface area contributed by atoms with E-state index in [1.807, 2.05) is 91.7 Å². The van der Waals surface area contributed by atoms with Gasteiger partial charge in [0.05, 0.1) is 6.85 Å². The molecule has 0 unspecified atom stereocenters. The van der Waals surface area contributed by atoms with Crippen molar-refractivity contribution in [2.24, 2.45) is 0 Å². The molecule has 3 heterocycles. The Kier molecular flexibility index (Phi) is 9.87. The van der Waals surface area contributed by atoms with Gasteiger partial charge in [0.1, 0.15) is 5.82 Å². The fraction of sp³-hybridized carbons (Fsp3) is 0.129. The number of aromatic nitrogens is 2. The van der Waals surface area contributed by atoms with Gasteiger partial charge in [0.2, 0.25) is 0 Å². The van der Waals surface area contributed by atoms with Crippen LogP contribution in [-0.2, 0) is 31.9 Å². The predicted octanol–water partition coefficient (Wildman–Crippen LogP) is 16.4. The molecule has 0 bridgehead atoms. The van der Waals surface area contributed by atoms with Crippen LogP contribution >= 0.6 is 0 Å². The molecule has 0 saturated carbocycles. The number of nitrogens with zero attached hydrogens (tertiary/aromatic N) is 4. The fourth-order valence-electron chi connectivity index (χ4n) is 9.54. The molecule has 0 aliphatic carbocycles. The van der Waals surface area contributed by atoms with Crippen LogP contribution in [0, 0.1) is 18.8 Å². The molecule has 1 aliphatic heterocycles. The van der Waals surface area contributed by atoms with Gasteiger partial charge in [-0.25, -0.2) is 4.98 Å². The van der Waals surface area contributed by atoms with Crippen molar-refractivity contribution in [3.8, 4) is 50.3 Å². The number of hydrogen-bond acceptors (Lipinski definition) is 3. The first-order valence-corrected chi connectivity index (χ1v) is 22.5. The normalized spacial score (nSPS) is 13.7. The van der Waals surface area contributed by atoms with Crippen LogP contribution in [0.3, 0.4) is 0 Å². The Morgan fingerprint density at radius 1 is 0.522 bits per heavy atom. The average molecular weight is 1050 g/mol. The standard InChI is InChI=1S/C62H51N4.Pt/c1-61(2,3)53-39-51(52(40-54(53)62(4,5)6)45-34-35-50-49-27-13-14-30-55(49)66(58(50)38-45)59-33-17-18-36-63-59)44-25-19-26-46(37-44)64-41-65(57-32-16-15-31-56(57)64)60-47(42-21-9-7-10-22-42)28-20-29-48(60)43-23-11-8-12-24-43;/h7-36,39-41H,1-6H3;/q-3;/i7D,9D,10D,21D,22D;. The molecule has 4 nitrogen and oxygen atoms in total. The van der Waals surface area contributed by atoms with Gasteiger partial charge in [-0.15, -0.1) is 83.5 Å². The summed E-state index contributed by atoms with van der Waals surface area (Å²) in [4.78, 5) is 9.02. The van der Waals surface area contributed by atoms with Crippen molar-refractivity contribution < 1.29 is 27.9 Å². The molecule has 1 aliphatic rings. The van der Waals surface area contributed by atoms with Crippen molar-refractivity contribution in [2.45, 2.75) is 52.4 Å². The van der Waals surface area contributed by atoms with Gasteiger partial charge in [0.25, 0.3) is 0 Å². The molecule has 0 amide bonds. The zero-order valence-corrected chi connectivity index (χ0v) is 40.5. The number of fused-ring (bicyclic) bond motifs is 4. The molecule has 5 heteroatoms. The second-order valence-corrected chi connectivity index (χ2v) is 19.0. The van der Waals surface area contributed by atoms with Gasteiger partial charge in [-0.2, -0.15) is 0 Å². The van der Waals surface area contributed by atoms with E-state index >= 15 is 0 Å². The summed E-state index contributed by atoms with van der Waals surface area (Å²) in [5.41, 5.74) is 13.8. The minimum absolute atomic E-state index is 0. The van der Waals surface area contributed by atoms with E-state index in [0.29, 0.717) is 11.3 Å². The summed E-state index contributed by atoms with van der Waals surface area (Å²) < 4.78 is 46.1. The summed E-state index contributed by atoms with van der Waals surface area (Å²) in [6.07, 6.45) is 1.83. The Bertz CT molecular complexity index is 3700. The van der Waals surface area contributed by atoms with Gasteiger partial charge in [0, 0.05) is 61.0 Å². The summed E-state index contributed by atoms with van der Waals surface area (Å²) >= 11 is 0. The van der Waals surface area contributed by atoms with E-state index in [1.165, 1.54) is 11.1 Å². The summed E-state index contributed by atoms with van der Waals surface area (Å²) in [6.45, 7) is 15.7. The number of anilines is 4. The average Bonchev–Trinajstić information content (AvgIpc) is 3.93. The van der Waals surface area contributed by atoms with Gasteiger partial charge in [0.15, 0.2) is 0 Å². The van der Waals surface area contributed by atoms with Gasteiger partial charge >= 0.3 is 0 Å². The number of benzene rings is 8. The van der Waals surface area contributed by atoms with E-state index in [2.05, 4.69) is 147 Å². The molecule has 2 aromatic heterocycles. The number of rotatable bonds is 7. The molecule has 332 valence electrons. The van der Waals surface area contributed by atoms with Crippen LogP contribution in [0.4, 0.5) is 22.7 Å². The van der Waals surface area contributed by atoms with Crippen LogP contribution in [0.15, 0.2) is 194 Å². The van der Waals surface area contributed by atoms with Crippen molar-refractivity contribution >= 4 is 44.6 Å². The minimum Gasteiger partial charge on any atom is -0.488 e. The monoisotopic (exact) mass is 1050 g/mol. The second-order valence-electron chi connectivity index (χ2n) is 19.0. The summed E-state index contributed by atoms with van der Waals surface area (Å²) in [5.74, 6) is 0.829. The smallest absolute Gasteiger partial charge is 0.136 e. The van der Waals surface area contributed by atoms with Gasteiger partial charge < -0.3 is 14.4 Å². The zero-order valence-electron chi connectivity index (χ0n) is 43.3. The quantitative estimate of drug-likeness (QED) is 0.149. The molecule has 0 fully saturated rings. The SMILES string of the molecule is [2H]c1c([2H])c([2H])c(-c2cccc(-c3ccccc3)c2N2[CH-]N(c3[c-]c(-c4cc(C(C)(C)C)c(C(C)(C)C)cc4-c4[c-]c5c(cc4)c4ccccc4n5-c4ccccn4)ccc3)c3ccccc32)c([2H])c1[2H].[Pt]. The Hall–Kier alpha value is -7.00. The zero-order chi connectivity index (χ0) is 49.5. The van der Waals surface area contributed by atoms with Crippen LogP contribution in [0.25, 0.3) is 72.1 Å². The van der Waals surface area contributed by atoms with E-state index < -0.39 is 6.04 Å². The Morgan fingerprint density at radius 2 is 1.13 bits per heavy atom. The molecule has 8 aromatic carbocycles. The topological polar surface area (TPSA) is 24.3 Å². The molecule has 0 atom stereocenters. The molecule has 0 radical (unpaired) electrons. The fourth-order valence-corrected chi connectivity index (χ4v) is 9.54. The molecular weight excluding hydrogens is 996 g/mol. The van der Waals surface area contributed by atoms with Crippen LogP contribution in [-0.4, -0.2) is 9.55 Å². The Balaban J connectivity index is 0.00000596. The van der Waals surface area contributed by atoms with Crippen LogP contribution in [0.2, 0.25) is 0 Å². The van der Waals surface area contributed by atoms with Crippen molar-refractivity contribution in [3.63, 3.8) is 0 Å². The largest absolute Gasteiger partial charge is 0.488 e. The molecule has 0 saturated heterocycles. The van der Waals surface area contributed by atoms with Crippen molar-refractivity contribution in [2.75, 3.05) is 9.80 Å². The van der Waals surface area contributed by atoms with E-state index in [-0.39, 0.29) is 61.6 Å². The third-order valence-corrected chi connectivity index (χ3v) is 12.6. The molecular formula is C62H51N4Pt-3. The van der Waals surface area contributed by atoms with E-state index in [4.69, 9.17) is 11.8 Å². The summed E-state index contributed by atoms with van der Waals surface area (Å²) in [6, 6.07) is 59.9. The summed E-state index contributed by atoms with van der Waals surface area (Å²) in [5, 5.41) is 2.24. The maximum atomic E-state index is 9.11. The third-order valence-electron chi connectivity index (χ3n) is 12.6. The molecule has 11 rings (SSSR count). The third kappa shape index (κ3) is 7.88. The number of para-hydroxylation sites is 4. The molecule has 67 heavy (non-hydrogen) atoms. The van der Waals surface area contributed by atoms with Crippen LogP contribution in [0.1, 0.15) is 59.5 Å².